The van der Waals surface area contributed by atoms with E-state index in [0.717, 1.165) is 0 Å². The first kappa shape index (κ1) is 16.4. The van der Waals surface area contributed by atoms with Gasteiger partial charge in [0.2, 0.25) is 0 Å². The standard InChI is InChI=1S/C12H7Cl4NO4/c1-2-3(12(20)21)17-10(18)4-5(11(17)19)7(14)9(16)8(15)6(4)13/h3H,2H2,1H3,(H,20,21)/p-1. The Morgan fingerprint density at radius 3 is 1.67 bits per heavy atom. The summed E-state index contributed by atoms with van der Waals surface area (Å²) in [6, 6.07) is -1.43. The van der Waals surface area contributed by atoms with Gasteiger partial charge in [-0.05, 0) is 6.42 Å². The molecule has 1 aliphatic rings. The first-order valence-corrected chi connectivity index (χ1v) is 7.19. The minimum atomic E-state index is -1.56. The van der Waals surface area contributed by atoms with Crippen molar-refractivity contribution in [2.45, 2.75) is 19.4 Å². The van der Waals surface area contributed by atoms with Crippen molar-refractivity contribution >= 4 is 64.2 Å². The summed E-state index contributed by atoms with van der Waals surface area (Å²) in [6.07, 6.45) is -0.0233. The van der Waals surface area contributed by atoms with Crippen molar-refractivity contribution < 1.29 is 19.5 Å². The average molecular weight is 370 g/mol. The van der Waals surface area contributed by atoms with Crippen LogP contribution in [0.2, 0.25) is 20.1 Å². The van der Waals surface area contributed by atoms with Gasteiger partial charge in [0.15, 0.2) is 0 Å². The summed E-state index contributed by atoms with van der Waals surface area (Å²) >= 11 is 23.6. The van der Waals surface area contributed by atoms with Crippen LogP contribution in [0, 0.1) is 0 Å². The van der Waals surface area contributed by atoms with Crippen molar-refractivity contribution in [1.29, 1.82) is 0 Å². The third-order valence-corrected chi connectivity index (χ3v) is 4.90. The average Bonchev–Trinajstić information content (AvgIpc) is 2.68. The van der Waals surface area contributed by atoms with Gasteiger partial charge in [0.05, 0.1) is 43.2 Å². The molecule has 1 atom stereocenters. The van der Waals surface area contributed by atoms with Crippen LogP contribution in [-0.4, -0.2) is 28.7 Å². The van der Waals surface area contributed by atoms with Gasteiger partial charge >= 0.3 is 0 Å². The quantitative estimate of drug-likeness (QED) is 0.465. The molecule has 5 nitrogen and oxygen atoms in total. The van der Waals surface area contributed by atoms with Crippen LogP contribution in [0.1, 0.15) is 34.1 Å². The predicted octanol–water partition coefficient (Wildman–Crippen LogP) is 2.42. The predicted molar refractivity (Wildman–Crippen MR) is 76.1 cm³/mol. The second kappa shape index (κ2) is 5.65. The smallest absolute Gasteiger partial charge is 0.263 e. The van der Waals surface area contributed by atoms with E-state index in [0.29, 0.717) is 4.90 Å². The largest absolute Gasteiger partial charge is 0.548 e. The van der Waals surface area contributed by atoms with Gasteiger partial charge in [-0.3, -0.25) is 14.5 Å². The van der Waals surface area contributed by atoms with Crippen LogP contribution in [0.15, 0.2) is 0 Å². The highest BCUT2D eigenvalue weighted by Gasteiger charge is 2.44. The van der Waals surface area contributed by atoms with Gasteiger partial charge in [-0.2, -0.15) is 0 Å². The van der Waals surface area contributed by atoms with Gasteiger partial charge in [-0.1, -0.05) is 53.3 Å². The highest BCUT2D eigenvalue weighted by Crippen LogP contribution is 2.45. The second-order valence-corrected chi connectivity index (χ2v) is 5.74. The number of imide groups is 1. The Hall–Kier alpha value is -1.01. The van der Waals surface area contributed by atoms with E-state index < -0.39 is 23.8 Å². The summed E-state index contributed by atoms with van der Waals surface area (Å²) in [4.78, 5) is 36.3. The molecule has 1 unspecified atom stereocenters. The molecule has 1 aliphatic heterocycles. The number of amides is 2. The van der Waals surface area contributed by atoms with Crippen LogP contribution < -0.4 is 5.11 Å². The lowest BCUT2D eigenvalue weighted by atomic mass is 10.1. The van der Waals surface area contributed by atoms with Crippen molar-refractivity contribution in [3.63, 3.8) is 0 Å². The molecule has 0 N–H and O–H groups in total. The first-order valence-electron chi connectivity index (χ1n) is 5.68. The minimum absolute atomic E-state index is 0.0233. The van der Waals surface area contributed by atoms with E-state index >= 15 is 0 Å². The fourth-order valence-electron chi connectivity index (χ4n) is 2.10. The Morgan fingerprint density at radius 1 is 1.00 bits per heavy atom. The molecule has 0 spiro atoms. The van der Waals surface area contributed by atoms with Gasteiger partial charge in [-0.25, -0.2) is 0 Å². The Bertz CT molecular complexity index is 642. The van der Waals surface area contributed by atoms with Crippen molar-refractivity contribution in [2.75, 3.05) is 0 Å². The number of fused-ring (bicyclic) bond motifs is 1. The minimum Gasteiger partial charge on any atom is -0.548 e. The number of carboxylic acid groups (broad SMARTS) is 1. The summed E-state index contributed by atoms with van der Waals surface area (Å²) < 4.78 is 0. The number of nitrogens with zero attached hydrogens (tertiary/aromatic N) is 1. The van der Waals surface area contributed by atoms with Gasteiger partial charge in [0, 0.05) is 0 Å². The zero-order valence-electron chi connectivity index (χ0n) is 10.4. The molecule has 0 bridgehead atoms. The lowest BCUT2D eigenvalue weighted by Gasteiger charge is -2.25. The fraction of sp³-hybridized carbons (Fsp3) is 0.250. The van der Waals surface area contributed by atoms with Crippen LogP contribution in [-0.2, 0) is 4.79 Å². The number of aliphatic carboxylic acids is 1. The van der Waals surface area contributed by atoms with Crippen LogP contribution in [0.25, 0.3) is 0 Å². The molecule has 1 aromatic rings. The van der Waals surface area contributed by atoms with E-state index in [1.165, 1.54) is 6.92 Å². The molecular formula is C12H6Cl4NO4-. The summed E-state index contributed by atoms with van der Waals surface area (Å²) in [5, 5.41) is 10.3. The van der Waals surface area contributed by atoms with Gasteiger partial charge in [0.25, 0.3) is 11.8 Å². The van der Waals surface area contributed by atoms with Gasteiger partial charge < -0.3 is 9.90 Å². The van der Waals surface area contributed by atoms with Crippen molar-refractivity contribution in [1.82, 2.24) is 4.90 Å². The summed E-state index contributed by atoms with van der Waals surface area (Å²) in [7, 11) is 0. The Kier molecular flexibility index (Phi) is 4.40. The summed E-state index contributed by atoms with van der Waals surface area (Å²) in [5.74, 6) is -3.34. The van der Waals surface area contributed by atoms with E-state index in [1.807, 2.05) is 0 Å². The maximum atomic E-state index is 12.3. The molecule has 1 aromatic carbocycles. The molecule has 1 heterocycles. The second-order valence-electron chi connectivity index (χ2n) is 4.23. The zero-order valence-corrected chi connectivity index (χ0v) is 13.4. The van der Waals surface area contributed by atoms with Crippen LogP contribution in [0.3, 0.4) is 0 Å². The third-order valence-electron chi connectivity index (χ3n) is 3.10. The van der Waals surface area contributed by atoms with Gasteiger partial charge in [0.1, 0.15) is 0 Å². The molecule has 9 heteroatoms. The Morgan fingerprint density at radius 2 is 1.38 bits per heavy atom. The van der Waals surface area contributed by atoms with E-state index in [-0.39, 0.29) is 37.6 Å². The topological polar surface area (TPSA) is 77.5 Å². The molecule has 21 heavy (non-hydrogen) atoms. The van der Waals surface area contributed by atoms with E-state index in [4.69, 9.17) is 46.4 Å². The number of rotatable bonds is 3. The van der Waals surface area contributed by atoms with E-state index in [2.05, 4.69) is 0 Å². The number of carbonyl (C=O) groups is 3. The molecular weight excluding hydrogens is 364 g/mol. The molecule has 0 saturated carbocycles. The number of hydrogen-bond donors (Lipinski definition) is 0. The molecule has 0 fully saturated rings. The summed E-state index contributed by atoms with van der Waals surface area (Å²) in [6.45, 7) is 1.49. The summed E-state index contributed by atoms with van der Waals surface area (Å²) in [5.41, 5.74) is -0.499. The first-order chi connectivity index (χ1) is 9.73. The molecule has 0 aromatic heterocycles. The van der Waals surface area contributed by atoms with E-state index in [1.54, 1.807) is 0 Å². The number of carbonyl (C=O) groups excluding carboxylic acids is 3. The number of hydrogen-bond acceptors (Lipinski definition) is 4. The molecule has 112 valence electrons. The lowest BCUT2D eigenvalue weighted by Crippen LogP contribution is -2.50. The molecule has 0 radical (unpaired) electrons. The molecule has 0 saturated heterocycles. The zero-order chi connectivity index (χ0) is 16.1. The monoisotopic (exact) mass is 368 g/mol. The highest BCUT2D eigenvalue weighted by molar-refractivity contribution is 6.55. The van der Waals surface area contributed by atoms with Crippen LogP contribution in [0.5, 0.6) is 0 Å². The van der Waals surface area contributed by atoms with Gasteiger partial charge in [-0.15, -0.1) is 0 Å². The fourth-order valence-corrected chi connectivity index (χ4v) is 3.12. The number of halogens is 4. The van der Waals surface area contributed by atoms with E-state index in [9.17, 15) is 19.5 Å². The Labute approximate surface area is 139 Å². The van der Waals surface area contributed by atoms with Crippen molar-refractivity contribution in [3.8, 4) is 0 Å². The Balaban J connectivity index is 2.71. The maximum Gasteiger partial charge on any atom is 0.263 e. The highest BCUT2D eigenvalue weighted by atomic mass is 35.5. The molecule has 2 amide bonds. The maximum absolute atomic E-state index is 12.3. The number of carboxylic acids is 1. The SMILES string of the molecule is CCC(C(=O)[O-])N1C(=O)c2c(Cl)c(Cl)c(Cl)c(Cl)c2C1=O. The normalized spacial score (nSPS) is 15.4. The molecule has 0 aliphatic carbocycles. The lowest BCUT2D eigenvalue weighted by molar-refractivity contribution is -0.310. The third kappa shape index (κ3) is 2.28. The number of benzene rings is 1. The van der Waals surface area contributed by atoms with Crippen LogP contribution >= 0.6 is 46.4 Å². The molecule has 2 rings (SSSR count). The van der Waals surface area contributed by atoms with Crippen LogP contribution in [0.4, 0.5) is 0 Å². The van der Waals surface area contributed by atoms with Crippen molar-refractivity contribution in [2.24, 2.45) is 0 Å². The van der Waals surface area contributed by atoms with Crippen molar-refractivity contribution in [3.05, 3.63) is 31.2 Å².